The molecule has 1 aliphatic rings. The fourth-order valence-corrected chi connectivity index (χ4v) is 4.12. The highest BCUT2D eigenvalue weighted by Crippen LogP contribution is 2.38. The van der Waals surface area contributed by atoms with Crippen LogP contribution in [0.15, 0.2) is 23.1 Å². The monoisotopic (exact) mass is 412 g/mol. The van der Waals surface area contributed by atoms with E-state index in [0.717, 1.165) is 10.4 Å². The van der Waals surface area contributed by atoms with Crippen LogP contribution in [0.2, 0.25) is 5.02 Å². The Kier molecular flexibility index (Phi) is 6.24. The Morgan fingerprint density at radius 1 is 1.23 bits per heavy atom. The fraction of sp³-hybridized carbons (Fsp3) is 0.562. The zero-order chi connectivity index (χ0) is 19.7. The third-order valence-electron chi connectivity index (χ3n) is 4.46. The molecular formula is C16H20ClF3N2O3S. The maximum absolute atomic E-state index is 13.2. The minimum atomic E-state index is -4.40. The molecule has 0 bridgehead atoms. The van der Waals surface area contributed by atoms with Crippen LogP contribution in [0.5, 0.6) is 0 Å². The van der Waals surface area contributed by atoms with Crippen LogP contribution in [-0.4, -0.2) is 44.9 Å². The summed E-state index contributed by atoms with van der Waals surface area (Å²) in [5.74, 6) is -2.43. The molecule has 1 fully saturated rings. The van der Waals surface area contributed by atoms with Crippen molar-refractivity contribution in [3.8, 4) is 0 Å². The van der Waals surface area contributed by atoms with Crippen molar-refractivity contribution in [3.05, 3.63) is 28.8 Å². The van der Waals surface area contributed by atoms with Gasteiger partial charge in [0.05, 0.1) is 21.4 Å². The summed E-state index contributed by atoms with van der Waals surface area (Å²) in [6, 6.07) is 2.52. The molecule has 146 valence electrons. The summed E-state index contributed by atoms with van der Waals surface area (Å²) < 4.78 is 64.9. The average molecular weight is 413 g/mol. The van der Waals surface area contributed by atoms with Crippen molar-refractivity contribution in [1.29, 1.82) is 0 Å². The van der Waals surface area contributed by atoms with E-state index in [4.69, 9.17) is 11.6 Å². The van der Waals surface area contributed by atoms with Gasteiger partial charge in [-0.05, 0) is 31.0 Å². The minimum absolute atomic E-state index is 0.0282. The molecule has 2 rings (SSSR count). The number of rotatable bonds is 4. The van der Waals surface area contributed by atoms with Gasteiger partial charge in [-0.1, -0.05) is 24.4 Å². The molecule has 0 saturated heterocycles. The summed E-state index contributed by atoms with van der Waals surface area (Å²) in [4.78, 5) is 12.3. The summed E-state index contributed by atoms with van der Waals surface area (Å²) >= 11 is 5.97. The van der Waals surface area contributed by atoms with Gasteiger partial charge >= 0.3 is 6.18 Å². The largest absolute Gasteiger partial charge is 0.393 e. The normalized spacial score (nSPS) is 21.7. The molecule has 0 radical (unpaired) electrons. The number of hydrogen-bond acceptors (Lipinski definition) is 3. The van der Waals surface area contributed by atoms with Gasteiger partial charge in [0, 0.05) is 20.1 Å². The molecule has 26 heavy (non-hydrogen) atoms. The lowest BCUT2D eigenvalue weighted by molar-refractivity contribution is -0.187. The van der Waals surface area contributed by atoms with Gasteiger partial charge in [-0.3, -0.25) is 4.79 Å². The molecule has 0 aliphatic heterocycles. The lowest BCUT2D eigenvalue weighted by atomic mass is 9.84. The lowest BCUT2D eigenvalue weighted by Gasteiger charge is -2.33. The quantitative estimate of drug-likeness (QED) is 0.823. The number of carbonyl (C=O) groups excluding carboxylic acids is 1. The average Bonchev–Trinajstić information content (AvgIpc) is 2.54. The van der Waals surface area contributed by atoms with Crippen LogP contribution in [0.1, 0.15) is 36.0 Å². The van der Waals surface area contributed by atoms with Crippen LogP contribution in [-0.2, 0) is 10.0 Å². The van der Waals surface area contributed by atoms with Crippen LogP contribution in [0, 0.1) is 5.92 Å². The molecule has 1 saturated carbocycles. The molecule has 1 aromatic rings. The van der Waals surface area contributed by atoms with Gasteiger partial charge in [0.2, 0.25) is 10.0 Å². The SMILES string of the molecule is CN(C)S(=O)(=O)c1ccc(Cl)c(C(=O)N[C@H]2CCCC[C@H]2C(F)(F)F)c1. The Bertz CT molecular complexity index is 781. The summed E-state index contributed by atoms with van der Waals surface area (Å²) in [6.07, 6.45) is -3.20. The van der Waals surface area contributed by atoms with Crippen molar-refractivity contribution in [3.63, 3.8) is 0 Å². The van der Waals surface area contributed by atoms with Gasteiger partial charge in [-0.15, -0.1) is 0 Å². The molecule has 0 spiro atoms. The summed E-state index contributed by atoms with van der Waals surface area (Å²) in [5.41, 5.74) is -0.166. The van der Waals surface area contributed by atoms with Gasteiger partial charge in [-0.25, -0.2) is 12.7 Å². The van der Waals surface area contributed by atoms with Crippen LogP contribution >= 0.6 is 11.6 Å². The predicted molar refractivity (Wildman–Crippen MR) is 91.6 cm³/mol. The molecular weight excluding hydrogens is 393 g/mol. The second-order valence-electron chi connectivity index (χ2n) is 6.44. The van der Waals surface area contributed by atoms with E-state index in [1.165, 1.54) is 26.2 Å². The number of sulfonamides is 1. The molecule has 1 amide bonds. The number of carbonyl (C=O) groups is 1. The number of amides is 1. The summed E-state index contributed by atoms with van der Waals surface area (Å²) in [5, 5.41) is 2.36. The number of benzene rings is 1. The number of hydrogen-bond donors (Lipinski definition) is 1. The van der Waals surface area contributed by atoms with Crippen LogP contribution in [0.4, 0.5) is 13.2 Å². The predicted octanol–water partition coefficient (Wildman–Crippen LogP) is 3.44. The van der Waals surface area contributed by atoms with E-state index in [-0.39, 0.29) is 28.3 Å². The molecule has 0 unspecified atom stereocenters. The number of nitrogens with one attached hydrogen (secondary N) is 1. The molecule has 1 N–H and O–H groups in total. The Balaban J connectivity index is 2.29. The minimum Gasteiger partial charge on any atom is -0.349 e. The second kappa shape index (κ2) is 7.74. The number of alkyl halides is 3. The van der Waals surface area contributed by atoms with E-state index in [9.17, 15) is 26.4 Å². The molecule has 0 heterocycles. The molecule has 0 aromatic heterocycles. The van der Waals surface area contributed by atoms with E-state index in [0.29, 0.717) is 12.8 Å². The first kappa shape index (κ1) is 21.0. The van der Waals surface area contributed by atoms with E-state index in [1.807, 2.05) is 0 Å². The highest BCUT2D eigenvalue weighted by Gasteiger charge is 2.46. The van der Waals surface area contributed by atoms with Crippen LogP contribution < -0.4 is 5.32 Å². The molecule has 5 nitrogen and oxygen atoms in total. The Morgan fingerprint density at radius 2 is 1.85 bits per heavy atom. The zero-order valence-corrected chi connectivity index (χ0v) is 15.9. The van der Waals surface area contributed by atoms with Crippen molar-refractivity contribution in [2.24, 2.45) is 5.92 Å². The molecule has 2 atom stereocenters. The van der Waals surface area contributed by atoms with Crippen molar-refractivity contribution in [2.75, 3.05) is 14.1 Å². The third kappa shape index (κ3) is 4.50. The van der Waals surface area contributed by atoms with Crippen LogP contribution in [0.3, 0.4) is 0 Å². The Labute approximate surface area is 155 Å². The first-order valence-electron chi connectivity index (χ1n) is 8.04. The van der Waals surface area contributed by atoms with Crippen LogP contribution in [0.25, 0.3) is 0 Å². The molecule has 1 aromatic carbocycles. The summed E-state index contributed by atoms with van der Waals surface area (Å²) in [7, 11) is -1.14. The maximum Gasteiger partial charge on any atom is 0.393 e. The fourth-order valence-electron chi connectivity index (χ4n) is 2.99. The van der Waals surface area contributed by atoms with E-state index in [2.05, 4.69) is 5.32 Å². The molecule has 1 aliphatic carbocycles. The maximum atomic E-state index is 13.2. The van der Waals surface area contributed by atoms with Gasteiger partial charge < -0.3 is 5.32 Å². The Morgan fingerprint density at radius 3 is 2.42 bits per heavy atom. The smallest absolute Gasteiger partial charge is 0.349 e. The summed E-state index contributed by atoms with van der Waals surface area (Å²) in [6.45, 7) is 0. The first-order chi connectivity index (χ1) is 11.9. The lowest BCUT2D eigenvalue weighted by Crippen LogP contribution is -2.47. The van der Waals surface area contributed by atoms with Gasteiger partial charge in [0.15, 0.2) is 0 Å². The topological polar surface area (TPSA) is 66.5 Å². The second-order valence-corrected chi connectivity index (χ2v) is 9.00. The Hall–Kier alpha value is -1.32. The van der Waals surface area contributed by atoms with Gasteiger partial charge in [0.25, 0.3) is 5.91 Å². The molecule has 10 heteroatoms. The van der Waals surface area contributed by atoms with E-state index >= 15 is 0 Å². The third-order valence-corrected chi connectivity index (χ3v) is 6.60. The van der Waals surface area contributed by atoms with Crippen molar-refractivity contribution in [1.82, 2.24) is 9.62 Å². The standard InChI is InChI=1S/C16H20ClF3N2O3S/c1-22(2)26(24,25)10-7-8-13(17)11(9-10)15(23)21-14-6-4-3-5-12(14)16(18,19)20/h7-9,12,14H,3-6H2,1-2H3,(H,21,23)/t12-,14+/m1/s1. The van der Waals surface area contributed by atoms with Crippen molar-refractivity contribution in [2.45, 2.75) is 42.8 Å². The van der Waals surface area contributed by atoms with Gasteiger partial charge in [-0.2, -0.15) is 13.2 Å². The first-order valence-corrected chi connectivity index (χ1v) is 9.86. The van der Waals surface area contributed by atoms with Crippen molar-refractivity contribution < 1.29 is 26.4 Å². The van der Waals surface area contributed by atoms with Crippen molar-refractivity contribution >= 4 is 27.5 Å². The highest BCUT2D eigenvalue weighted by atomic mass is 35.5. The van der Waals surface area contributed by atoms with E-state index < -0.39 is 34.1 Å². The van der Waals surface area contributed by atoms with E-state index in [1.54, 1.807) is 0 Å². The highest BCUT2D eigenvalue weighted by molar-refractivity contribution is 7.89. The zero-order valence-electron chi connectivity index (χ0n) is 14.3. The number of nitrogens with zero attached hydrogens (tertiary/aromatic N) is 1. The van der Waals surface area contributed by atoms with Gasteiger partial charge in [0.1, 0.15) is 0 Å². The number of halogens is 4.